The molecule has 0 spiro atoms. The molecule has 0 fully saturated rings. The molecule has 0 unspecified atom stereocenters. The molecule has 0 aromatic carbocycles. The predicted molar refractivity (Wildman–Crippen MR) is 60.9 cm³/mol. The maximum atomic E-state index is 7.89. The Balaban J connectivity index is 2.85. The van der Waals surface area contributed by atoms with Gasteiger partial charge in [0.25, 0.3) is 0 Å². The Hall–Kier alpha value is -0.240. The molecule has 0 bridgehead atoms. The van der Waals surface area contributed by atoms with Crippen molar-refractivity contribution in [1.29, 1.82) is 0 Å². The van der Waals surface area contributed by atoms with Crippen LogP contribution in [0.1, 0.15) is 57.8 Å². The lowest BCUT2D eigenvalue weighted by Gasteiger charge is -2.02. The van der Waals surface area contributed by atoms with Gasteiger partial charge in [0.1, 0.15) is 0 Å². The molecule has 0 radical (unpaired) electrons. The molecule has 6 nitrogen and oxygen atoms in total. The van der Waals surface area contributed by atoms with Crippen LogP contribution >= 0.6 is 0 Å². The molecule has 104 valence electrons. The SMILES string of the molecule is OOOCCCCCCCCCCCOOO. The molecule has 0 amide bonds. The van der Waals surface area contributed by atoms with Gasteiger partial charge in [-0.2, -0.15) is 0 Å². The van der Waals surface area contributed by atoms with E-state index in [0.29, 0.717) is 13.2 Å². The van der Waals surface area contributed by atoms with Crippen LogP contribution in [0.15, 0.2) is 0 Å². The Bertz CT molecular complexity index is 119. The maximum Gasteiger partial charge on any atom is 0.0853 e. The van der Waals surface area contributed by atoms with Gasteiger partial charge in [-0.1, -0.05) is 55.0 Å². The van der Waals surface area contributed by atoms with Gasteiger partial charge in [-0.15, -0.1) is 0 Å². The van der Waals surface area contributed by atoms with Crippen LogP contribution < -0.4 is 0 Å². The van der Waals surface area contributed by atoms with Gasteiger partial charge in [0.05, 0.1) is 13.2 Å². The van der Waals surface area contributed by atoms with Gasteiger partial charge in [-0.05, 0) is 12.8 Å². The summed E-state index contributed by atoms with van der Waals surface area (Å²) in [6.45, 7) is 0.896. The zero-order valence-corrected chi connectivity index (χ0v) is 10.3. The normalized spacial score (nSPS) is 10.9. The molecule has 0 aromatic heterocycles. The van der Waals surface area contributed by atoms with Crippen molar-refractivity contribution in [1.82, 2.24) is 0 Å². The summed E-state index contributed by atoms with van der Waals surface area (Å²) in [4.78, 5) is 8.68. The molecule has 0 saturated carbocycles. The van der Waals surface area contributed by atoms with Crippen molar-refractivity contribution in [2.45, 2.75) is 57.8 Å². The second-order valence-electron chi connectivity index (χ2n) is 3.98. The van der Waals surface area contributed by atoms with Crippen molar-refractivity contribution >= 4 is 0 Å². The third-order valence-electron chi connectivity index (χ3n) is 2.56. The molecule has 0 aliphatic carbocycles. The summed E-state index contributed by atoms with van der Waals surface area (Å²) in [6.07, 6.45) is 10.1. The van der Waals surface area contributed by atoms with Crippen molar-refractivity contribution in [3.05, 3.63) is 0 Å². The Morgan fingerprint density at radius 2 is 0.765 bits per heavy atom. The Labute approximate surface area is 102 Å². The molecule has 0 heterocycles. The number of hydrogen-bond acceptors (Lipinski definition) is 6. The fourth-order valence-electron chi connectivity index (χ4n) is 1.63. The van der Waals surface area contributed by atoms with E-state index >= 15 is 0 Å². The van der Waals surface area contributed by atoms with Gasteiger partial charge in [0, 0.05) is 0 Å². The van der Waals surface area contributed by atoms with Crippen molar-refractivity contribution in [3.8, 4) is 0 Å². The minimum Gasteiger partial charge on any atom is -0.221 e. The fourth-order valence-corrected chi connectivity index (χ4v) is 1.63. The fraction of sp³-hybridized carbons (Fsp3) is 1.00. The van der Waals surface area contributed by atoms with Crippen LogP contribution in [0.4, 0.5) is 0 Å². The van der Waals surface area contributed by atoms with E-state index in [0.717, 1.165) is 25.7 Å². The van der Waals surface area contributed by atoms with Crippen LogP contribution in [-0.2, 0) is 19.9 Å². The van der Waals surface area contributed by atoms with E-state index in [9.17, 15) is 0 Å². The van der Waals surface area contributed by atoms with E-state index in [1.165, 1.54) is 32.1 Å². The lowest BCUT2D eigenvalue weighted by Crippen LogP contribution is -1.93. The number of hydrogen-bond donors (Lipinski definition) is 2. The largest absolute Gasteiger partial charge is 0.221 e. The molecule has 17 heavy (non-hydrogen) atoms. The summed E-state index contributed by atoms with van der Waals surface area (Å²) < 4.78 is 0. The molecular weight excluding hydrogens is 228 g/mol. The molecular formula is C11H24O6. The van der Waals surface area contributed by atoms with Crippen LogP contribution in [0.5, 0.6) is 0 Å². The first-order chi connectivity index (χ1) is 8.41. The van der Waals surface area contributed by atoms with Crippen LogP contribution in [0.25, 0.3) is 0 Å². The molecule has 0 aromatic rings. The zero-order valence-electron chi connectivity index (χ0n) is 10.3. The smallest absolute Gasteiger partial charge is 0.0853 e. The lowest BCUT2D eigenvalue weighted by atomic mass is 10.1. The second kappa shape index (κ2) is 15.8. The van der Waals surface area contributed by atoms with Crippen molar-refractivity contribution in [2.75, 3.05) is 13.2 Å². The van der Waals surface area contributed by atoms with Gasteiger partial charge in [0.2, 0.25) is 0 Å². The summed E-state index contributed by atoms with van der Waals surface area (Å²) >= 11 is 0. The summed E-state index contributed by atoms with van der Waals surface area (Å²) in [5.74, 6) is 0. The first-order valence-corrected chi connectivity index (χ1v) is 6.28. The molecule has 0 saturated heterocycles. The minimum absolute atomic E-state index is 0.448. The van der Waals surface area contributed by atoms with E-state index < -0.39 is 0 Å². The molecule has 6 heteroatoms. The zero-order chi connectivity index (χ0) is 12.6. The quantitative estimate of drug-likeness (QED) is 0.280. The molecule has 0 rings (SSSR count). The predicted octanol–water partition coefficient (Wildman–Crippen LogP) is 3.34. The van der Waals surface area contributed by atoms with E-state index in [-0.39, 0.29) is 0 Å². The van der Waals surface area contributed by atoms with E-state index in [4.69, 9.17) is 10.5 Å². The summed E-state index contributed by atoms with van der Waals surface area (Å²) in [5, 5.41) is 22.8. The van der Waals surface area contributed by atoms with Crippen molar-refractivity contribution in [3.63, 3.8) is 0 Å². The van der Waals surface area contributed by atoms with Crippen molar-refractivity contribution < 1.29 is 30.4 Å². The highest BCUT2D eigenvalue weighted by Crippen LogP contribution is 2.09. The number of rotatable bonds is 14. The third-order valence-corrected chi connectivity index (χ3v) is 2.56. The standard InChI is InChI=1S/C11H24O6/c12-16-14-10-8-6-4-2-1-3-5-7-9-11-15-17-13/h12-13H,1-11H2. The summed E-state index contributed by atoms with van der Waals surface area (Å²) in [5.41, 5.74) is 0. The molecule has 0 aliphatic heterocycles. The van der Waals surface area contributed by atoms with Crippen LogP contribution in [0.3, 0.4) is 0 Å². The van der Waals surface area contributed by atoms with Crippen molar-refractivity contribution in [2.24, 2.45) is 0 Å². The summed E-state index contributed by atoms with van der Waals surface area (Å²) in [7, 11) is 0. The Morgan fingerprint density at radius 3 is 1.06 bits per heavy atom. The highest BCUT2D eigenvalue weighted by Gasteiger charge is 1.94. The Morgan fingerprint density at radius 1 is 0.471 bits per heavy atom. The lowest BCUT2D eigenvalue weighted by molar-refractivity contribution is -0.490. The van der Waals surface area contributed by atoms with Crippen LogP contribution in [0.2, 0.25) is 0 Å². The molecule has 2 N–H and O–H groups in total. The Kier molecular flexibility index (Phi) is 15.5. The van der Waals surface area contributed by atoms with Crippen LogP contribution in [0, 0.1) is 0 Å². The van der Waals surface area contributed by atoms with Gasteiger partial charge in [-0.25, -0.2) is 20.3 Å². The number of unbranched alkanes of at least 4 members (excludes halogenated alkanes) is 8. The average Bonchev–Trinajstić information content (AvgIpc) is 2.35. The monoisotopic (exact) mass is 252 g/mol. The highest BCUT2D eigenvalue weighted by atomic mass is 17.5. The third kappa shape index (κ3) is 15.8. The first-order valence-electron chi connectivity index (χ1n) is 6.28. The van der Waals surface area contributed by atoms with Gasteiger partial charge in [-0.3, -0.25) is 0 Å². The second-order valence-corrected chi connectivity index (χ2v) is 3.98. The van der Waals surface area contributed by atoms with Gasteiger partial charge < -0.3 is 0 Å². The van der Waals surface area contributed by atoms with Gasteiger partial charge >= 0.3 is 0 Å². The molecule has 0 atom stereocenters. The average molecular weight is 252 g/mol. The summed E-state index contributed by atoms with van der Waals surface area (Å²) in [6, 6.07) is 0. The maximum absolute atomic E-state index is 7.89. The molecule has 0 aliphatic rings. The van der Waals surface area contributed by atoms with Gasteiger partial charge in [0.15, 0.2) is 0 Å². The van der Waals surface area contributed by atoms with E-state index in [1.807, 2.05) is 0 Å². The van der Waals surface area contributed by atoms with E-state index in [2.05, 4.69) is 19.9 Å². The highest BCUT2D eigenvalue weighted by molar-refractivity contribution is 4.47. The topological polar surface area (TPSA) is 77.4 Å². The van der Waals surface area contributed by atoms with Crippen LogP contribution in [-0.4, -0.2) is 23.7 Å². The first kappa shape index (κ1) is 16.8. The minimum atomic E-state index is 0.448. The van der Waals surface area contributed by atoms with E-state index in [1.54, 1.807) is 0 Å².